The molecule has 2 N–H and O–H groups in total. The first-order valence-corrected chi connectivity index (χ1v) is 9.07. The molecule has 0 unspecified atom stereocenters. The number of hydrogen-bond acceptors (Lipinski definition) is 6. The molecule has 0 saturated heterocycles. The van der Waals surface area contributed by atoms with Gasteiger partial charge in [-0.05, 0) is 19.8 Å². The van der Waals surface area contributed by atoms with Crippen molar-refractivity contribution in [1.82, 2.24) is 4.72 Å². The SMILES string of the molecule is CNc1sc(S(=O)(=O)NC2(C)CCCCC2)cc1[N+](=O)[O-]. The van der Waals surface area contributed by atoms with E-state index in [0.717, 1.165) is 49.5 Å². The van der Waals surface area contributed by atoms with Gasteiger partial charge in [-0.3, -0.25) is 10.1 Å². The van der Waals surface area contributed by atoms with Gasteiger partial charge in [-0.1, -0.05) is 30.6 Å². The summed E-state index contributed by atoms with van der Waals surface area (Å²) in [5.74, 6) is 0. The molecule has 0 aromatic carbocycles. The van der Waals surface area contributed by atoms with Gasteiger partial charge in [-0.15, -0.1) is 0 Å². The van der Waals surface area contributed by atoms with E-state index < -0.39 is 20.5 Å². The molecule has 1 aromatic rings. The second kappa shape index (κ2) is 5.90. The number of nitrogens with zero attached hydrogens (tertiary/aromatic N) is 1. The van der Waals surface area contributed by atoms with E-state index in [1.807, 2.05) is 6.92 Å². The fraction of sp³-hybridized carbons (Fsp3) is 0.667. The van der Waals surface area contributed by atoms with E-state index >= 15 is 0 Å². The first-order valence-electron chi connectivity index (χ1n) is 6.77. The lowest BCUT2D eigenvalue weighted by Crippen LogP contribution is -2.46. The van der Waals surface area contributed by atoms with Gasteiger partial charge in [0.1, 0.15) is 4.21 Å². The van der Waals surface area contributed by atoms with Gasteiger partial charge in [0.25, 0.3) is 10.0 Å². The number of nitro groups is 1. The van der Waals surface area contributed by atoms with Crippen LogP contribution in [0.3, 0.4) is 0 Å². The molecule has 1 saturated carbocycles. The first kappa shape index (κ1) is 16.2. The van der Waals surface area contributed by atoms with Crippen molar-refractivity contribution in [3.05, 3.63) is 16.2 Å². The molecule has 0 radical (unpaired) electrons. The van der Waals surface area contributed by atoms with E-state index in [-0.39, 0.29) is 14.9 Å². The molecule has 1 fully saturated rings. The predicted molar refractivity (Wildman–Crippen MR) is 82.3 cm³/mol. The molecular formula is C12H19N3O4S2. The number of rotatable bonds is 5. The van der Waals surface area contributed by atoms with Crippen molar-refractivity contribution in [2.75, 3.05) is 12.4 Å². The van der Waals surface area contributed by atoms with Gasteiger partial charge in [0, 0.05) is 18.7 Å². The van der Waals surface area contributed by atoms with Gasteiger partial charge < -0.3 is 5.32 Å². The molecule has 9 heteroatoms. The first-order chi connectivity index (χ1) is 9.77. The number of anilines is 1. The molecule has 0 spiro atoms. The maximum atomic E-state index is 12.5. The van der Waals surface area contributed by atoms with Crippen LogP contribution in [0.2, 0.25) is 0 Å². The van der Waals surface area contributed by atoms with Gasteiger partial charge >= 0.3 is 5.69 Å². The Bertz CT molecular complexity index is 633. The molecule has 1 aromatic heterocycles. The molecule has 0 bridgehead atoms. The van der Waals surface area contributed by atoms with Crippen LogP contribution in [0, 0.1) is 10.1 Å². The highest BCUT2D eigenvalue weighted by Gasteiger charge is 2.34. The molecule has 21 heavy (non-hydrogen) atoms. The lowest BCUT2D eigenvalue weighted by Gasteiger charge is -2.33. The smallest absolute Gasteiger partial charge is 0.304 e. The summed E-state index contributed by atoms with van der Waals surface area (Å²) < 4.78 is 27.6. The maximum Gasteiger partial charge on any atom is 0.304 e. The molecule has 0 atom stereocenters. The van der Waals surface area contributed by atoms with Crippen molar-refractivity contribution < 1.29 is 13.3 Å². The van der Waals surface area contributed by atoms with E-state index in [0.29, 0.717) is 0 Å². The number of hydrogen-bond donors (Lipinski definition) is 2. The van der Waals surface area contributed by atoms with Crippen molar-refractivity contribution in [1.29, 1.82) is 0 Å². The van der Waals surface area contributed by atoms with Crippen LogP contribution in [0.15, 0.2) is 10.3 Å². The summed E-state index contributed by atoms with van der Waals surface area (Å²) in [5.41, 5.74) is -0.674. The third-order valence-corrected chi connectivity index (χ3v) is 6.97. The summed E-state index contributed by atoms with van der Waals surface area (Å²) in [6.07, 6.45) is 4.68. The zero-order chi connectivity index (χ0) is 15.7. The summed E-state index contributed by atoms with van der Waals surface area (Å²) in [6, 6.07) is 1.12. The van der Waals surface area contributed by atoms with Crippen molar-refractivity contribution in [3.63, 3.8) is 0 Å². The van der Waals surface area contributed by atoms with Gasteiger partial charge in [0.2, 0.25) is 0 Å². The van der Waals surface area contributed by atoms with Crippen LogP contribution < -0.4 is 10.0 Å². The number of nitrogens with one attached hydrogen (secondary N) is 2. The van der Waals surface area contributed by atoms with Gasteiger partial charge in [-0.25, -0.2) is 13.1 Å². The fourth-order valence-electron chi connectivity index (χ4n) is 2.62. The van der Waals surface area contributed by atoms with Crippen LogP contribution in [0.4, 0.5) is 10.7 Å². The lowest BCUT2D eigenvalue weighted by molar-refractivity contribution is -0.383. The Morgan fingerprint density at radius 1 is 1.33 bits per heavy atom. The minimum atomic E-state index is -3.74. The molecule has 118 valence electrons. The summed E-state index contributed by atoms with van der Waals surface area (Å²) in [5, 5.41) is 13.8. The van der Waals surface area contributed by atoms with Gasteiger partial charge in [0.15, 0.2) is 5.00 Å². The summed E-state index contributed by atoms with van der Waals surface area (Å²) in [7, 11) is -2.21. The van der Waals surface area contributed by atoms with Crippen molar-refractivity contribution in [2.24, 2.45) is 0 Å². The Morgan fingerprint density at radius 3 is 2.43 bits per heavy atom. The molecule has 1 aliphatic rings. The zero-order valence-electron chi connectivity index (χ0n) is 12.0. The number of sulfonamides is 1. The van der Waals surface area contributed by atoms with Crippen LogP contribution in [-0.2, 0) is 10.0 Å². The summed E-state index contributed by atoms with van der Waals surface area (Å²) >= 11 is 0.879. The Labute approximate surface area is 127 Å². The van der Waals surface area contributed by atoms with E-state index in [9.17, 15) is 18.5 Å². The molecule has 1 heterocycles. The number of thiophene rings is 1. The minimum Gasteiger partial charge on any atom is -0.374 e. The highest BCUT2D eigenvalue weighted by atomic mass is 32.2. The van der Waals surface area contributed by atoms with Crippen LogP contribution in [0.25, 0.3) is 0 Å². The second-order valence-electron chi connectivity index (χ2n) is 5.51. The van der Waals surface area contributed by atoms with E-state index in [1.54, 1.807) is 0 Å². The zero-order valence-corrected chi connectivity index (χ0v) is 13.6. The van der Waals surface area contributed by atoms with Crippen LogP contribution in [0.1, 0.15) is 39.0 Å². The third kappa shape index (κ3) is 3.53. The fourth-order valence-corrected chi connectivity index (χ4v) is 5.36. The normalized spacial score (nSPS) is 18.4. The molecule has 7 nitrogen and oxygen atoms in total. The van der Waals surface area contributed by atoms with Crippen molar-refractivity contribution in [3.8, 4) is 0 Å². The molecule has 0 aliphatic heterocycles. The van der Waals surface area contributed by atoms with Crippen LogP contribution >= 0.6 is 11.3 Å². The molecule has 0 amide bonds. The Balaban J connectivity index is 2.29. The summed E-state index contributed by atoms with van der Waals surface area (Å²) in [4.78, 5) is 10.4. The maximum absolute atomic E-state index is 12.5. The monoisotopic (exact) mass is 333 g/mol. The standard InChI is InChI=1S/C12H19N3O4S2/c1-12(6-4-3-5-7-12)14-21(18,19)10-8-9(15(16)17)11(13-2)20-10/h8,13-14H,3-7H2,1-2H3. The Morgan fingerprint density at radius 2 is 1.95 bits per heavy atom. The average Bonchev–Trinajstić information content (AvgIpc) is 2.83. The Hall–Kier alpha value is -1.19. The van der Waals surface area contributed by atoms with Gasteiger partial charge in [0.05, 0.1) is 4.92 Å². The van der Waals surface area contributed by atoms with Crippen LogP contribution in [-0.4, -0.2) is 25.9 Å². The highest BCUT2D eigenvalue weighted by molar-refractivity contribution is 7.91. The second-order valence-corrected chi connectivity index (χ2v) is 8.48. The minimum absolute atomic E-state index is 0.0228. The summed E-state index contributed by atoms with van der Waals surface area (Å²) in [6.45, 7) is 1.89. The van der Waals surface area contributed by atoms with E-state index in [1.165, 1.54) is 7.05 Å². The topological polar surface area (TPSA) is 101 Å². The quantitative estimate of drug-likeness (QED) is 0.637. The molecular weight excluding hydrogens is 314 g/mol. The third-order valence-electron chi connectivity index (χ3n) is 3.72. The van der Waals surface area contributed by atoms with Crippen molar-refractivity contribution in [2.45, 2.75) is 48.8 Å². The van der Waals surface area contributed by atoms with E-state index in [2.05, 4.69) is 10.0 Å². The van der Waals surface area contributed by atoms with Crippen LogP contribution in [0.5, 0.6) is 0 Å². The Kier molecular flexibility index (Phi) is 4.54. The highest BCUT2D eigenvalue weighted by Crippen LogP contribution is 2.38. The largest absolute Gasteiger partial charge is 0.374 e. The van der Waals surface area contributed by atoms with Crippen molar-refractivity contribution >= 4 is 32.0 Å². The molecule has 1 aliphatic carbocycles. The molecule has 2 rings (SSSR count). The van der Waals surface area contributed by atoms with E-state index in [4.69, 9.17) is 0 Å². The lowest BCUT2D eigenvalue weighted by atomic mass is 9.84. The average molecular weight is 333 g/mol. The van der Waals surface area contributed by atoms with Gasteiger partial charge in [-0.2, -0.15) is 0 Å². The predicted octanol–water partition coefficient (Wildman–Crippen LogP) is 2.70.